The number of rotatable bonds is 2. The smallest absolute Gasteiger partial charge is 0.165 e. The average molecular weight is 276 g/mol. The molecule has 0 bridgehead atoms. The van der Waals surface area contributed by atoms with E-state index in [4.69, 9.17) is 4.74 Å². The third-order valence-electron chi connectivity index (χ3n) is 4.04. The zero-order valence-corrected chi connectivity index (χ0v) is 12.5. The van der Waals surface area contributed by atoms with Crippen molar-refractivity contribution in [2.75, 3.05) is 20.2 Å². The van der Waals surface area contributed by atoms with Crippen LogP contribution in [-0.2, 0) is 0 Å². The Bertz CT molecular complexity index is 530. The van der Waals surface area contributed by atoms with Crippen molar-refractivity contribution < 1.29 is 9.13 Å². The Hall–Kier alpha value is -1.60. The molecule has 1 fully saturated rings. The summed E-state index contributed by atoms with van der Waals surface area (Å²) >= 11 is 0. The van der Waals surface area contributed by atoms with Crippen molar-refractivity contribution >= 4 is 0 Å². The van der Waals surface area contributed by atoms with Gasteiger partial charge in [0.15, 0.2) is 11.6 Å². The standard InChI is InChI=1S/C16H21FN2O/c1-16(2,3)19-9-12(8-18)13(10-19)11-5-6-14(17)15(7-11)20-4/h5-7,12-13H,9-10H2,1-4H3/t12-,13+/m0/s1. The number of nitriles is 1. The molecule has 0 N–H and O–H groups in total. The maximum Gasteiger partial charge on any atom is 0.165 e. The fraction of sp³-hybridized carbons (Fsp3) is 0.562. The molecule has 3 nitrogen and oxygen atoms in total. The van der Waals surface area contributed by atoms with E-state index in [0.29, 0.717) is 0 Å². The molecule has 1 aromatic rings. The number of likely N-dealkylation sites (tertiary alicyclic amines) is 1. The van der Waals surface area contributed by atoms with Crippen LogP contribution in [0.3, 0.4) is 0 Å². The Kier molecular flexibility index (Phi) is 4.01. The molecular formula is C16H21FN2O. The lowest BCUT2D eigenvalue weighted by Crippen LogP contribution is -2.39. The monoisotopic (exact) mass is 276 g/mol. The lowest BCUT2D eigenvalue weighted by Gasteiger charge is -2.31. The molecule has 1 aliphatic rings. The Labute approximate surface area is 120 Å². The first-order chi connectivity index (χ1) is 9.36. The number of nitrogens with zero attached hydrogens (tertiary/aromatic N) is 2. The second-order valence-corrected chi connectivity index (χ2v) is 6.31. The van der Waals surface area contributed by atoms with Crippen molar-refractivity contribution in [2.45, 2.75) is 32.2 Å². The third-order valence-corrected chi connectivity index (χ3v) is 4.04. The normalized spacial score (nSPS) is 23.6. The third kappa shape index (κ3) is 2.78. The van der Waals surface area contributed by atoms with Gasteiger partial charge in [0.25, 0.3) is 0 Å². The zero-order chi connectivity index (χ0) is 14.9. The quantitative estimate of drug-likeness (QED) is 0.832. The van der Waals surface area contributed by atoms with Crippen molar-refractivity contribution in [1.82, 2.24) is 4.90 Å². The lowest BCUT2D eigenvalue weighted by atomic mass is 9.90. The van der Waals surface area contributed by atoms with E-state index in [0.717, 1.165) is 18.7 Å². The number of halogens is 1. The molecule has 0 spiro atoms. The maximum atomic E-state index is 13.5. The molecule has 0 unspecified atom stereocenters. The van der Waals surface area contributed by atoms with Crippen LogP contribution in [0.25, 0.3) is 0 Å². The molecule has 0 amide bonds. The van der Waals surface area contributed by atoms with Crippen LogP contribution in [0.2, 0.25) is 0 Å². The van der Waals surface area contributed by atoms with Crippen molar-refractivity contribution in [3.05, 3.63) is 29.6 Å². The second kappa shape index (κ2) is 5.41. The molecule has 2 rings (SSSR count). The van der Waals surface area contributed by atoms with Crippen LogP contribution < -0.4 is 4.74 Å². The molecule has 0 aliphatic carbocycles. The molecule has 0 aromatic heterocycles. The number of ether oxygens (including phenoxy) is 1. The van der Waals surface area contributed by atoms with E-state index in [1.165, 1.54) is 13.2 Å². The van der Waals surface area contributed by atoms with E-state index in [9.17, 15) is 9.65 Å². The van der Waals surface area contributed by atoms with Crippen molar-refractivity contribution in [3.63, 3.8) is 0 Å². The molecule has 0 radical (unpaired) electrons. The molecular weight excluding hydrogens is 255 g/mol. The Balaban J connectivity index is 2.30. The molecule has 1 saturated heterocycles. The largest absolute Gasteiger partial charge is 0.494 e. The number of benzene rings is 1. The predicted octanol–water partition coefficient (Wildman–Crippen LogP) is 3.17. The van der Waals surface area contributed by atoms with Gasteiger partial charge in [-0.2, -0.15) is 5.26 Å². The minimum Gasteiger partial charge on any atom is -0.494 e. The van der Waals surface area contributed by atoms with Crippen LogP contribution in [0.15, 0.2) is 18.2 Å². The van der Waals surface area contributed by atoms with Crippen LogP contribution >= 0.6 is 0 Å². The van der Waals surface area contributed by atoms with E-state index in [2.05, 4.69) is 31.7 Å². The van der Waals surface area contributed by atoms with E-state index < -0.39 is 0 Å². The number of hydrogen-bond donors (Lipinski definition) is 0. The van der Waals surface area contributed by atoms with Gasteiger partial charge in [-0.05, 0) is 38.5 Å². The molecule has 1 aromatic carbocycles. The summed E-state index contributed by atoms with van der Waals surface area (Å²) in [7, 11) is 1.46. The van der Waals surface area contributed by atoms with E-state index in [-0.39, 0.29) is 28.9 Å². The molecule has 2 atom stereocenters. The summed E-state index contributed by atoms with van der Waals surface area (Å²) in [6, 6.07) is 7.29. The van der Waals surface area contributed by atoms with E-state index in [1.807, 2.05) is 0 Å². The van der Waals surface area contributed by atoms with Gasteiger partial charge < -0.3 is 4.74 Å². The van der Waals surface area contributed by atoms with Gasteiger partial charge in [0.1, 0.15) is 0 Å². The highest BCUT2D eigenvalue weighted by Crippen LogP contribution is 2.37. The van der Waals surface area contributed by atoms with Gasteiger partial charge in [-0.15, -0.1) is 0 Å². The van der Waals surface area contributed by atoms with Crippen LogP contribution in [0.1, 0.15) is 32.3 Å². The van der Waals surface area contributed by atoms with Crippen LogP contribution in [-0.4, -0.2) is 30.6 Å². The van der Waals surface area contributed by atoms with Crippen LogP contribution in [0, 0.1) is 23.1 Å². The Morgan fingerprint density at radius 1 is 1.35 bits per heavy atom. The van der Waals surface area contributed by atoms with E-state index >= 15 is 0 Å². The Morgan fingerprint density at radius 3 is 2.60 bits per heavy atom. The summed E-state index contributed by atoms with van der Waals surface area (Å²) in [6.07, 6.45) is 0. The SMILES string of the molecule is COc1cc([C@H]2CN(C(C)(C)C)C[C@@H]2C#N)ccc1F. The van der Waals surface area contributed by atoms with Crippen molar-refractivity contribution in [1.29, 1.82) is 5.26 Å². The fourth-order valence-corrected chi connectivity index (χ4v) is 2.73. The first kappa shape index (κ1) is 14.8. The molecule has 0 saturated carbocycles. The van der Waals surface area contributed by atoms with Gasteiger partial charge >= 0.3 is 0 Å². The summed E-state index contributed by atoms with van der Waals surface area (Å²) in [4.78, 5) is 2.31. The molecule has 108 valence electrons. The first-order valence-electron chi connectivity index (χ1n) is 6.85. The summed E-state index contributed by atoms with van der Waals surface area (Å²) in [6.45, 7) is 8.01. The van der Waals surface area contributed by atoms with Crippen molar-refractivity contribution in [3.8, 4) is 11.8 Å². The van der Waals surface area contributed by atoms with E-state index in [1.54, 1.807) is 12.1 Å². The molecule has 1 aliphatic heterocycles. The summed E-state index contributed by atoms with van der Waals surface area (Å²) in [5, 5.41) is 9.38. The number of methoxy groups -OCH3 is 1. The fourth-order valence-electron chi connectivity index (χ4n) is 2.73. The van der Waals surface area contributed by atoms with Gasteiger partial charge in [-0.1, -0.05) is 6.07 Å². The molecule has 1 heterocycles. The number of hydrogen-bond acceptors (Lipinski definition) is 3. The van der Waals surface area contributed by atoms with Gasteiger partial charge in [0.2, 0.25) is 0 Å². The first-order valence-corrected chi connectivity index (χ1v) is 6.85. The van der Waals surface area contributed by atoms with Crippen LogP contribution in [0.5, 0.6) is 5.75 Å². The van der Waals surface area contributed by atoms with Gasteiger partial charge in [-0.3, -0.25) is 4.90 Å². The summed E-state index contributed by atoms with van der Waals surface area (Å²) < 4.78 is 18.5. The highest BCUT2D eigenvalue weighted by Gasteiger charge is 2.38. The van der Waals surface area contributed by atoms with Gasteiger partial charge in [-0.25, -0.2) is 4.39 Å². The highest BCUT2D eigenvalue weighted by molar-refractivity contribution is 5.34. The lowest BCUT2D eigenvalue weighted by molar-refractivity contribution is 0.170. The Morgan fingerprint density at radius 2 is 2.05 bits per heavy atom. The minimum absolute atomic E-state index is 0.0357. The maximum absolute atomic E-state index is 13.5. The zero-order valence-electron chi connectivity index (χ0n) is 12.5. The van der Waals surface area contributed by atoms with Crippen molar-refractivity contribution in [2.24, 2.45) is 5.92 Å². The molecule has 20 heavy (non-hydrogen) atoms. The average Bonchev–Trinajstić information content (AvgIpc) is 2.83. The summed E-state index contributed by atoms with van der Waals surface area (Å²) in [5.41, 5.74) is 1.01. The predicted molar refractivity (Wildman–Crippen MR) is 76.1 cm³/mol. The molecule has 4 heteroatoms. The van der Waals surface area contributed by atoms with Crippen LogP contribution in [0.4, 0.5) is 4.39 Å². The minimum atomic E-state index is -0.365. The van der Waals surface area contributed by atoms with Gasteiger partial charge in [0.05, 0.1) is 19.1 Å². The topological polar surface area (TPSA) is 36.3 Å². The highest BCUT2D eigenvalue weighted by atomic mass is 19.1. The van der Waals surface area contributed by atoms with Gasteiger partial charge in [0, 0.05) is 24.5 Å². The second-order valence-electron chi connectivity index (χ2n) is 6.31. The summed E-state index contributed by atoms with van der Waals surface area (Å²) in [5.74, 6) is -0.0815.